The Kier molecular flexibility index (Phi) is 8.77. The minimum atomic E-state index is -0.275. The average molecular weight is 324 g/mol. The highest BCUT2D eigenvalue weighted by Crippen LogP contribution is 2.19. The fourth-order valence-electron chi connectivity index (χ4n) is 2.12. The van der Waals surface area contributed by atoms with E-state index in [1.807, 2.05) is 32.0 Å². The lowest BCUT2D eigenvalue weighted by Crippen LogP contribution is -2.32. The fraction of sp³-hybridized carbons (Fsp3) is 0.684. The summed E-state index contributed by atoms with van der Waals surface area (Å²) in [4.78, 5) is 0. The number of benzene rings is 1. The van der Waals surface area contributed by atoms with Crippen LogP contribution in [0.25, 0.3) is 0 Å². The molecule has 0 radical (unpaired) electrons. The van der Waals surface area contributed by atoms with E-state index < -0.39 is 0 Å². The molecule has 0 bridgehead atoms. The Morgan fingerprint density at radius 2 is 1.39 bits per heavy atom. The quantitative estimate of drug-likeness (QED) is 0.597. The van der Waals surface area contributed by atoms with Crippen molar-refractivity contribution in [2.45, 2.75) is 58.3 Å². The molecule has 0 aliphatic rings. The van der Waals surface area contributed by atoms with Gasteiger partial charge in [-0.25, -0.2) is 0 Å². The van der Waals surface area contributed by atoms with E-state index in [-0.39, 0.29) is 17.8 Å². The van der Waals surface area contributed by atoms with Crippen molar-refractivity contribution in [2.75, 3.05) is 26.4 Å². The van der Waals surface area contributed by atoms with E-state index in [2.05, 4.69) is 26.0 Å². The molecule has 1 aromatic rings. The highest BCUT2D eigenvalue weighted by molar-refractivity contribution is 5.13. The molecule has 132 valence electrons. The molecule has 0 spiro atoms. The standard InChI is InChI=1S/C19H32O4/c1-18(2,22-14-11-19(3,4)23-15-12-20)10-13-21-16-17-8-6-5-7-9-17/h5-9,20H,10-16H2,1-4H3. The number of rotatable bonds is 12. The molecule has 1 N–H and O–H groups in total. The van der Waals surface area contributed by atoms with Gasteiger partial charge in [-0.2, -0.15) is 0 Å². The van der Waals surface area contributed by atoms with E-state index in [1.54, 1.807) is 0 Å². The van der Waals surface area contributed by atoms with Gasteiger partial charge in [0.25, 0.3) is 0 Å². The van der Waals surface area contributed by atoms with Gasteiger partial charge in [-0.15, -0.1) is 0 Å². The topological polar surface area (TPSA) is 47.9 Å². The Hall–Kier alpha value is -0.940. The molecule has 1 aromatic carbocycles. The normalized spacial score (nSPS) is 12.6. The van der Waals surface area contributed by atoms with Crippen molar-refractivity contribution in [3.8, 4) is 0 Å². The molecule has 0 unspecified atom stereocenters. The Balaban J connectivity index is 2.17. The fourth-order valence-corrected chi connectivity index (χ4v) is 2.12. The van der Waals surface area contributed by atoms with Crippen molar-refractivity contribution < 1.29 is 19.3 Å². The number of hydrogen-bond acceptors (Lipinski definition) is 4. The van der Waals surface area contributed by atoms with Crippen LogP contribution in [0.4, 0.5) is 0 Å². The molecule has 0 amide bonds. The second-order valence-electron chi connectivity index (χ2n) is 6.98. The first-order valence-electron chi connectivity index (χ1n) is 8.35. The summed E-state index contributed by atoms with van der Waals surface area (Å²) in [5.41, 5.74) is 0.695. The smallest absolute Gasteiger partial charge is 0.0716 e. The Morgan fingerprint density at radius 1 is 0.826 bits per heavy atom. The number of ether oxygens (including phenoxy) is 3. The van der Waals surface area contributed by atoms with Gasteiger partial charge in [0, 0.05) is 6.61 Å². The van der Waals surface area contributed by atoms with Crippen LogP contribution < -0.4 is 0 Å². The van der Waals surface area contributed by atoms with Gasteiger partial charge in [-0.1, -0.05) is 30.3 Å². The largest absolute Gasteiger partial charge is 0.394 e. The summed E-state index contributed by atoms with van der Waals surface area (Å²) >= 11 is 0. The third-order valence-electron chi connectivity index (χ3n) is 3.74. The third kappa shape index (κ3) is 9.72. The summed E-state index contributed by atoms with van der Waals surface area (Å²) in [6, 6.07) is 10.2. The maximum absolute atomic E-state index is 8.82. The van der Waals surface area contributed by atoms with Crippen LogP contribution in [-0.2, 0) is 20.8 Å². The summed E-state index contributed by atoms with van der Waals surface area (Å²) in [5.74, 6) is 0. The molecular formula is C19H32O4. The van der Waals surface area contributed by atoms with Crippen molar-refractivity contribution in [2.24, 2.45) is 0 Å². The van der Waals surface area contributed by atoms with E-state index in [0.717, 1.165) is 12.8 Å². The molecule has 23 heavy (non-hydrogen) atoms. The van der Waals surface area contributed by atoms with Crippen LogP contribution >= 0.6 is 0 Å². The first-order valence-corrected chi connectivity index (χ1v) is 8.35. The van der Waals surface area contributed by atoms with Gasteiger partial charge in [0.1, 0.15) is 0 Å². The molecule has 1 rings (SSSR count). The van der Waals surface area contributed by atoms with Crippen LogP contribution in [-0.4, -0.2) is 42.7 Å². The predicted molar refractivity (Wildman–Crippen MR) is 92.5 cm³/mol. The summed E-state index contributed by atoms with van der Waals surface area (Å²) < 4.78 is 17.3. The van der Waals surface area contributed by atoms with Crippen LogP contribution in [0, 0.1) is 0 Å². The highest BCUT2D eigenvalue weighted by Gasteiger charge is 2.22. The SMILES string of the molecule is CC(C)(CCOCc1ccccc1)OCCC(C)(C)OCCO. The van der Waals surface area contributed by atoms with E-state index >= 15 is 0 Å². The van der Waals surface area contributed by atoms with Crippen molar-refractivity contribution in [1.29, 1.82) is 0 Å². The number of aliphatic hydroxyl groups excluding tert-OH is 1. The zero-order chi connectivity index (χ0) is 17.2. The molecule has 0 heterocycles. The molecule has 0 aliphatic carbocycles. The Morgan fingerprint density at radius 3 is 2.00 bits per heavy atom. The lowest BCUT2D eigenvalue weighted by Gasteiger charge is -2.29. The van der Waals surface area contributed by atoms with Gasteiger partial charge in [0.2, 0.25) is 0 Å². The molecule has 0 atom stereocenters. The number of aliphatic hydroxyl groups is 1. The van der Waals surface area contributed by atoms with Crippen molar-refractivity contribution in [3.05, 3.63) is 35.9 Å². The second-order valence-corrected chi connectivity index (χ2v) is 6.98. The molecular weight excluding hydrogens is 292 g/mol. The minimum Gasteiger partial charge on any atom is -0.394 e. The molecule has 0 saturated heterocycles. The highest BCUT2D eigenvalue weighted by atomic mass is 16.5. The van der Waals surface area contributed by atoms with Crippen LogP contribution in [0.2, 0.25) is 0 Å². The van der Waals surface area contributed by atoms with Crippen LogP contribution in [0.1, 0.15) is 46.1 Å². The van der Waals surface area contributed by atoms with E-state index in [4.69, 9.17) is 19.3 Å². The average Bonchev–Trinajstić information content (AvgIpc) is 2.50. The zero-order valence-corrected chi connectivity index (χ0v) is 15.0. The molecule has 0 saturated carbocycles. The van der Waals surface area contributed by atoms with Gasteiger partial charge in [0.15, 0.2) is 0 Å². The molecule has 0 fully saturated rings. The van der Waals surface area contributed by atoms with Gasteiger partial charge >= 0.3 is 0 Å². The third-order valence-corrected chi connectivity index (χ3v) is 3.74. The van der Waals surface area contributed by atoms with Crippen LogP contribution in [0.5, 0.6) is 0 Å². The Labute approximate surface area is 140 Å². The first kappa shape index (κ1) is 20.1. The summed E-state index contributed by atoms with van der Waals surface area (Å²) in [6.07, 6.45) is 1.64. The van der Waals surface area contributed by atoms with Gasteiger partial charge in [0.05, 0.1) is 37.6 Å². The van der Waals surface area contributed by atoms with Crippen molar-refractivity contribution in [1.82, 2.24) is 0 Å². The lowest BCUT2D eigenvalue weighted by molar-refractivity contribution is -0.0855. The minimum absolute atomic E-state index is 0.0501. The lowest BCUT2D eigenvalue weighted by atomic mass is 10.0. The maximum Gasteiger partial charge on any atom is 0.0716 e. The molecule has 4 heteroatoms. The van der Waals surface area contributed by atoms with Crippen LogP contribution in [0.3, 0.4) is 0 Å². The molecule has 0 aromatic heterocycles. The summed E-state index contributed by atoms with van der Waals surface area (Å²) in [5, 5.41) is 8.82. The van der Waals surface area contributed by atoms with Gasteiger partial charge < -0.3 is 19.3 Å². The summed E-state index contributed by atoms with van der Waals surface area (Å²) in [6.45, 7) is 10.6. The van der Waals surface area contributed by atoms with Gasteiger partial charge in [-0.3, -0.25) is 0 Å². The zero-order valence-electron chi connectivity index (χ0n) is 15.0. The maximum atomic E-state index is 8.82. The van der Waals surface area contributed by atoms with E-state index in [0.29, 0.717) is 26.4 Å². The van der Waals surface area contributed by atoms with Crippen molar-refractivity contribution in [3.63, 3.8) is 0 Å². The Bertz CT molecular complexity index is 415. The van der Waals surface area contributed by atoms with Gasteiger partial charge in [-0.05, 0) is 46.1 Å². The predicted octanol–water partition coefficient (Wildman–Crippen LogP) is 3.57. The molecule has 4 nitrogen and oxygen atoms in total. The van der Waals surface area contributed by atoms with Crippen LogP contribution in [0.15, 0.2) is 30.3 Å². The van der Waals surface area contributed by atoms with E-state index in [1.165, 1.54) is 5.56 Å². The monoisotopic (exact) mass is 324 g/mol. The number of hydrogen-bond donors (Lipinski definition) is 1. The first-order chi connectivity index (χ1) is 10.8. The second kappa shape index (κ2) is 10.0. The molecule has 0 aliphatic heterocycles. The summed E-state index contributed by atoms with van der Waals surface area (Å²) in [7, 11) is 0. The van der Waals surface area contributed by atoms with E-state index in [9.17, 15) is 0 Å². The van der Waals surface area contributed by atoms with Crippen molar-refractivity contribution >= 4 is 0 Å².